The van der Waals surface area contributed by atoms with Crippen LogP contribution >= 0.6 is 0 Å². The number of hydrogen-bond donors (Lipinski definition) is 4. The number of rotatable bonds is 6. The van der Waals surface area contributed by atoms with Gasteiger partial charge in [-0.25, -0.2) is 9.48 Å². The lowest BCUT2D eigenvalue weighted by atomic mass is 9.84. The SMILES string of the molecule is CCOC(=O)c1cc2n(n1)C(C1CCOCC1)C(C(=O)Nc1ccc(N)c(C=N)c1)=C(C)N2. The number of amides is 1. The Bertz CT molecular complexity index is 1120. The number of hydrogen-bond acceptors (Lipinski definition) is 8. The Morgan fingerprint density at radius 1 is 1.36 bits per heavy atom. The molecule has 0 radical (unpaired) electrons. The molecule has 3 heterocycles. The van der Waals surface area contributed by atoms with Gasteiger partial charge in [0.05, 0.1) is 18.2 Å². The van der Waals surface area contributed by atoms with Gasteiger partial charge >= 0.3 is 5.97 Å². The summed E-state index contributed by atoms with van der Waals surface area (Å²) in [5, 5.41) is 18.2. The number of esters is 1. The van der Waals surface area contributed by atoms with Gasteiger partial charge in [0.1, 0.15) is 5.82 Å². The van der Waals surface area contributed by atoms with E-state index in [2.05, 4.69) is 15.7 Å². The first-order chi connectivity index (χ1) is 15.9. The average molecular weight is 453 g/mol. The summed E-state index contributed by atoms with van der Waals surface area (Å²) in [5.41, 5.74) is 8.82. The van der Waals surface area contributed by atoms with Crippen molar-refractivity contribution < 1.29 is 19.1 Å². The fraction of sp³-hybridized carbons (Fsp3) is 0.391. The van der Waals surface area contributed by atoms with Crippen molar-refractivity contribution in [1.82, 2.24) is 9.78 Å². The number of aromatic nitrogens is 2. The van der Waals surface area contributed by atoms with Gasteiger partial charge in [0.25, 0.3) is 5.91 Å². The van der Waals surface area contributed by atoms with Crippen LogP contribution in [0.3, 0.4) is 0 Å². The Morgan fingerprint density at radius 2 is 2.12 bits per heavy atom. The van der Waals surface area contributed by atoms with E-state index in [4.69, 9.17) is 20.6 Å². The smallest absolute Gasteiger partial charge is 0.358 e. The molecule has 33 heavy (non-hydrogen) atoms. The molecular weight excluding hydrogens is 424 g/mol. The van der Waals surface area contributed by atoms with Gasteiger partial charge in [0, 0.05) is 48.1 Å². The third-order valence-corrected chi connectivity index (χ3v) is 5.96. The normalized spacial score (nSPS) is 18.3. The van der Waals surface area contributed by atoms with E-state index in [0.717, 1.165) is 19.1 Å². The number of ether oxygens (including phenoxy) is 2. The van der Waals surface area contributed by atoms with Gasteiger partial charge < -0.3 is 31.3 Å². The predicted octanol–water partition coefficient (Wildman–Crippen LogP) is 2.95. The number of fused-ring (bicyclic) bond motifs is 1. The van der Waals surface area contributed by atoms with Crippen LogP contribution in [0.25, 0.3) is 0 Å². The van der Waals surface area contributed by atoms with Crippen LogP contribution in [0, 0.1) is 11.3 Å². The zero-order valence-electron chi connectivity index (χ0n) is 18.7. The second-order valence-electron chi connectivity index (χ2n) is 8.08. The third kappa shape index (κ3) is 4.47. The van der Waals surface area contributed by atoms with Crippen LogP contribution in [0.1, 0.15) is 48.8 Å². The lowest BCUT2D eigenvalue weighted by molar-refractivity contribution is -0.113. The summed E-state index contributed by atoms with van der Waals surface area (Å²) in [6.45, 7) is 5.04. The molecule has 1 saturated heterocycles. The van der Waals surface area contributed by atoms with Crippen LogP contribution < -0.4 is 16.4 Å². The molecule has 1 unspecified atom stereocenters. The van der Waals surface area contributed by atoms with Crippen molar-refractivity contribution in [3.05, 3.63) is 46.8 Å². The van der Waals surface area contributed by atoms with Crippen molar-refractivity contribution >= 4 is 35.3 Å². The summed E-state index contributed by atoms with van der Waals surface area (Å²) in [7, 11) is 0. The molecule has 1 fully saturated rings. The van der Waals surface area contributed by atoms with Crippen LogP contribution in [0.2, 0.25) is 0 Å². The lowest BCUT2D eigenvalue weighted by Crippen LogP contribution is -2.36. The van der Waals surface area contributed by atoms with Crippen LogP contribution in [-0.4, -0.2) is 47.7 Å². The number of carbonyl (C=O) groups is 2. The maximum atomic E-state index is 13.5. The highest BCUT2D eigenvalue weighted by atomic mass is 16.5. The number of carbonyl (C=O) groups excluding carboxylic acids is 2. The summed E-state index contributed by atoms with van der Waals surface area (Å²) in [6.07, 6.45) is 2.68. The average Bonchev–Trinajstić information content (AvgIpc) is 3.23. The van der Waals surface area contributed by atoms with E-state index in [1.807, 2.05) is 6.92 Å². The van der Waals surface area contributed by atoms with Gasteiger partial charge in [0.2, 0.25) is 0 Å². The number of nitrogen functional groups attached to an aromatic ring is 1. The van der Waals surface area contributed by atoms with Gasteiger partial charge in [-0.2, -0.15) is 5.10 Å². The van der Waals surface area contributed by atoms with Crippen molar-refractivity contribution in [1.29, 1.82) is 5.41 Å². The quantitative estimate of drug-likeness (QED) is 0.300. The zero-order chi connectivity index (χ0) is 23.5. The summed E-state index contributed by atoms with van der Waals surface area (Å²) >= 11 is 0. The van der Waals surface area contributed by atoms with Gasteiger partial charge in [-0.05, 0) is 50.8 Å². The topological polar surface area (TPSA) is 144 Å². The first kappa shape index (κ1) is 22.5. The molecule has 4 rings (SSSR count). The molecule has 0 bridgehead atoms. The second kappa shape index (κ2) is 9.45. The summed E-state index contributed by atoms with van der Waals surface area (Å²) < 4.78 is 12.4. The zero-order valence-corrected chi connectivity index (χ0v) is 18.7. The van der Waals surface area contributed by atoms with E-state index >= 15 is 0 Å². The van der Waals surface area contributed by atoms with Crippen LogP contribution in [0.5, 0.6) is 0 Å². The number of nitrogens with one attached hydrogen (secondary N) is 3. The number of anilines is 3. The Hall–Kier alpha value is -3.66. The molecular formula is C23H28N6O4. The molecule has 174 valence electrons. The number of benzene rings is 1. The van der Waals surface area contributed by atoms with Gasteiger partial charge in [-0.3, -0.25) is 4.79 Å². The van der Waals surface area contributed by atoms with E-state index in [-0.39, 0.29) is 30.2 Å². The maximum absolute atomic E-state index is 13.5. The summed E-state index contributed by atoms with van der Waals surface area (Å²) in [6, 6.07) is 6.30. The lowest BCUT2D eigenvalue weighted by Gasteiger charge is -2.36. The standard InChI is InChI=1S/C23H28N6O4/c1-3-33-23(31)18-11-19-26-13(2)20(21(29(19)28-18)14-6-8-32-9-7-14)22(30)27-16-4-5-17(25)15(10-16)12-24/h4-5,10-12,14,21,24,26H,3,6-9,25H2,1-2H3,(H,27,30). The molecule has 0 saturated carbocycles. The maximum Gasteiger partial charge on any atom is 0.358 e. The summed E-state index contributed by atoms with van der Waals surface area (Å²) in [4.78, 5) is 25.8. The first-order valence-corrected chi connectivity index (χ1v) is 11.0. The molecule has 2 aromatic rings. The Labute approximate surface area is 191 Å². The molecule has 10 heteroatoms. The molecule has 5 N–H and O–H groups in total. The van der Waals surface area contributed by atoms with Crippen molar-refractivity contribution in [2.45, 2.75) is 32.7 Å². The van der Waals surface area contributed by atoms with Gasteiger partial charge in [0.15, 0.2) is 5.69 Å². The molecule has 1 aromatic heterocycles. The molecule has 1 aromatic carbocycles. The third-order valence-electron chi connectivity index (χ3n) is 5.96. The molecule has 0 aliphatic carbocycles. The molecule has 2 aliphatic rings. The van der Waals surface area contributed by atoms with Crippen LogP contribution in [0.4, 0.5) is 17.2 Å². The fourth-order valence-electron chi connectivity index (χ4n) is 4.36. The van der Waals surface area contributed by atoms with Crippen LogP contribution in [-0.2, 0) is 14.3 Å². The number of nitrogens with two attached hydrogens (primary N) is 1. The van der Waals surface area contributed by atoms with Crippen molar-refractivity contribution in [3.8, 4) is 0 Å². The minimum atomic E-state index is -0.503. The monoisotopic (exact) mass is 452 g/mol. The number of allylic oxidation sites excluding steroid dienone is 1. The van der Waals surface area contributed by atoms with E-state index in [1.54, 1.807) is 35.9 Å². The Kier molecular flexibility index (Phi) is 6.45. The van der Waals surface area contributed by atoms with Gasteiger partial charge in [-0.1, -0.05) is 0 Å². The Morgan fingerprint density at radius 3 is 2.82 bits per heavy atom. The van der Waals surface area contributed by atoms with Crippen molar-refractivity contribution in [3.63, 3.8) is 0 Å². The van der Waals surface area contributed by atoms with Crippen molar-refractivity contribution in [2.24, 2.45) is 5.92 Å². The highest BCUT2D eigenvalue weighted by molar-refractivity contribution is 6.06. The van der Waals surface area contributed by atoms with E-state index in [9.17, 15) is 9.59 Å². The highest BCUT2D eigenvalue weighted by Gasteiger charge is 2.38. The van der Waals surface area contributed by atoms with Crippen LogP contribution in [0.15, 0.2) is 35.5 Å². The van der Waals surface area contributed by atoms with E-state index in [1.165, 1.54) is 0 Å². The highest BCUT2D eigenvalue weighted by Crippen LogP contribution is 2.40. The Balaban J connectivity index is 1.70. The summed E-state index contributed by atoms with van der Waals surface area (Å²) in [5.74, 6) is -0.0383. The van der Waals surface area contributed by atoms with Gasteiger partial charge in [-0.15, -0.1) is 0 Å². The predicted molar refractivity (Wildman–Crippen MR) is 124 cm³/mol. The van der Waals surface area contributed by atoms with E-state index in [0.29, 0.717) is 47.2 Å². The molecule has 10 nitrogen and oxygen atoms in total. The molecule has 2 aliphatic heterocycles. The molecule has 0 spiro atoms. The fourth-order valence-corrected chi connectivity index (χ4v) is 4.36. The molecule has 1 amide bonds. The molecule has 1 atom stereocenters. The van der Waals surface area contributed by atoms with Crippen molar-refractivity contribution in [2.75, 3.05) is 36.2 Å². The van der Waals surface area contributed by atoms with E-state index < -0.39 is 5.97 Å². The second-order valence-corrected chi connectivity index (χ2v) is 8.08. The number of nitrogens with zero attached hydrogens (tertiary/aromatic N) is 2. The minimum Gasteiger partial charge on any atom is -0.461 e. The largest absolute Gasteiger partial charge is 0.461 e. The first-order valence-electron chi connectivity index (χ1n) is 11.0. The minimum absolute atomic E-state index is 0.105.